The van der Waals surface area contributed by atoms with Crippen molar-refractivity contribution in [3.63, 3.8) is 0 Å². The van der Waals surface area contributed by atoms with Crippen LogP contribution in [0, 0.1) is 0 Å². The Kier molecular flexibility index (Phi) is 6.90. The summed E-state index contributed by atoms with van der Waals surface area (Å²) in [6.07, 6.45) is 0. The molecule has 0 bridgehead atoms. The van der Waals surface area contributed by atoms with E-state index < -0.39 is 6.61 Å². The average Bonchev–Trinajstić information content (AvgIpc) is 2.65. The minimum Gasteiger partial charge on any atom is -0.497 e. The molecular weight excluding hydrogens is 344 g/mol. The molecule has 2 aromatic carbocycles. The summed E-state index contributed by atoms with van der Waals surface area (Å²) in [5, 5.41) is 6.95. The van der Waals surface area contributed by atoms with Gasteiger partial charge in [-0.25, -0.2) is 5.43 Å². The van der Waals surface area contributed by atoms with Crippen LogP contribution in [0.3, 0.4) is 0 Å². The largest absolute Gasteiger partial charge is 0.497 e. The maximum absolute atomic E-state index is 12.1. The Morgan fingerprint density at radius 1 is 1.08 bits per heavy atom. The van der Waals surface area contributed by atoms with E-state index in [0.717, 1.165) is 11.4 Å². The van der Waals surface area contributed by atoms with Gasteiger partial charge in [0, 0.05) is 5.69 Å². The smallest absolute Gasteiger partial charge is 0.387 e. The number of nitrogens with zero attached hydrogens (tertiary/aromatic N) is 1. The highest BCUT2D eigenvalue weighted by molar-refractivity contribution is 5.99. The number of benzene rings is 2. The van der Waals surface area contributed by atoms with Gasteiger partial charge in [0.05, 0.1) is 19.4 Å². The molecule has 0 atom stereocenters. The lowest BCUT2D eigenvalue weighted by Crippen LogP contribution is -2.26. The number of hydrogen-bond donors (Lipinski definition) is 2. The molecule has 8 heteroatoms. The fourth-order valence-electron chi connectivity index (χ4n) is 2.02. The normalized spacial score (nSPS) is 11.2. The fourth-order valence-corrected chi connectivity index (χ4v) is 2.02. The third-order valence-electron chi connectivity index (χ3n) is 3.39. The topological polar surface area (TPSA) is 72.0 Å². The highest BCUT2D eigenvalue weighted by atomic mass is 19.3. The van der Waals surface area contributed by atoms with Crippen LogP contribution in [0.1, 0.15) is 12.5 Å². The molecule has 6 nitrogen and oxygen atoms in total. The maximum Gasteiger partial charge on any atom is 0.387 e. The predicted molar refractivity (Wildman–Crippen MR) is 94.9 cm³/mol. The van der Waals surface area contributed by atoms with Gasteiger partial charge in [-0.05, 0) is 61.0 Å². The molecule has 0 aliphatic rings. The van der Waals surface area contributed by atoms with E-state index in [2.05, 4.69) is 20.6 Å². The Morgan fingerprint density at radius 2 is 1.69 bits per heavy atom. The summed E-state index contributed by atoms with van der Waals surface area (Å²) >= 11 is 0. The number of hydrogen-bond acceptors (Lipinski definition) is 5. The molecule has 0 radical (unpaired) electrons. The van der Waals surface area contributed by atoms with Gasteiger partial charge in [-0.2, -0.15) is 13.9 Å². The molecule has 2 rings (SSSR count). The minimum atomic E-state index is -2.87. The molecule has 0 saturated carbocycles. The lowest BCUT2D eigenvalue weighted by Gasteiger charge is -2.08. The summed E-state index contributed by atoms with van der Waals surface area (Å²) in [6.45, 7) is -1.13. The van der Waals surface area contributed by atoms with E-state index in [0.29, 0.717) is 11.3 Å². The van der Waals surface area contributed by atoms with E-state index in [9.17, 15) is 13.6 Å². The van der Waals surface area contributed by atoms with Crippen LogP contribution in [0.5, 0.6) is 11.5 Å². The average molecular weight is 363 g/mol. The zero-order valence-electron chi connectivity index (χ0n) is 14.3. The molecule has 0 aliphatic heterocycles. The molecule has 26 heavy (non-hydrogen) atoms. The molecule has 2 N–H and O–H groups in total. The second-order valence-electron chi connectivity index (χ2n) is 5.22. The van der Waals surface area contributed by atoms with Gasteiger partial charge in [0.2, 0.25) is 0 Å². The molecule has 0 spiro atoms. The number of halogens is 2. The molecule has 0 aliphatic carbocycles. The van der Waals surface area contributed by atoms with Gasteiger partial charge in [-0.1, -0.05) is 0 Å². The van der Waals surface area contributed by atoms with Crippen molar-refractivity contribution in [2.45, 2.75) is 13.5 Å². The minimum absolute atomic E-state index is 0.0459. The third kappa shape index (κ3) is 6.04. The van der Waals surface area contributed by atoms with Crippen LogP contribution in [0.2, 0.25) is 0 Å². The summed E-state index contributed by atoms with van der Waals surface area (Å²) in [5.41, 5.74) is 4.42. The standard InChI is InChI=1S/C18H19F2N3O3/c1-12(13-3-7-16(8-4-13)26-18(19)20)22-23-17(24)11-21-14-5-9-15(25-2)10-6-14/h3-10,18,21H,11H2,1-2H3,(H,23,24)/b22-12-. The number of carbonyl (C=O) groups excluding carboxylic acids is 1. The van der Waals surface area contributed by atoms with E-state index in [-0.39, 0.29) is 18.2 Å². The first-order chi connectivity index (χ1) is 12.5. The maximum atomic E-state index is 12.1. The quantitative estimate of drug-likeness (QED) is 0.558. The van der Waals surface area contributed by atoms with Crippen molar-refractivity contribution < 1.29 is 23.0 Å². The van der Waals surface area contributed by atoms with Gasteiger partial charge < -0.3 is 14.8 Å². The second-order valence-corrected chi connectivity index (χ2v) is 5.22. The Labute approximate surface area is 149 Å². The van der Waals surface area contributed by atoms with E-state index >= 15 is 0 Å². The van der Waals surface area contributed by atoms with Gasteiger partial charge in [0.1, 0.15) is 11.5 Å². The zero-order valence-corrected chi connectivity index (χ0v) is 14.3. The first kappa shape index (κ1) is 19.2. The summed E-state index contributed by atoms with van der Waals surface area (Å²) < 4.78 is 33.6. The predicted octanol–water partition coefficient (Wildman–Crippen LogP) is 3.25. The number of carbonyl (C=O) groups is 1. The number of amides is 1. The SMILES string of the molecule is COc1ccc(NCC(=O)N/N=C(/C)c2ccc(OC(F)F)cc2)cc1. The van der Waals surface area contributed by atoms with E-state index in [1.165, 1.54) is 12.1 Å². The summed E-state index contributed by atoms with van der Waals surface area (Å²) in [5.74, 6) is 0.465. The lowest BCUT2D eigenvalue weighted by atomic mass is 10.1. The van der Waals surface area contributed by atoms with Crippen molar-refractivity contribution in [1.82, 2.24) is 5.43 Å². The van der Waals surface area contributed by atoms with Crippen molar-refractivity contribution in [2.75, 3.05) is 19.0 Å². The lowest BCUT2D eigenvalue weighted by molar-refractivity contribution is -0.119. The van der Waals surface area contributed by atoms with Gasteiger partial charge >= 0.3 is 6.61 Å². The van der Waals surface area contributed by atoms with Crippen LogP contribution in [-0.2, 0) is 4.79 Å². The summed E-state index contributed by atoms with van der Waals surface area (Å²) in [6, 6.07) is 13.1. The van der Waals surface area contributed by atoms with Crippen LogP contribution >= 0.6 is 0 Å². The molecule has 0 fully saturated rings. The van der Waals surface area contributed by atoms with E-state index in [4.69, 9.17) is 4.74 Å². The first-order valence-corrected chi connectivity index (χ1v) is 7.74. The van der Waals surface area contributed by atoms with E-state index in [1.54, 1.807) is 50.4 Å². The van der Waals surface area contributed by atoms with Gasteiger partial charge in [0.15, 0.2) is 0 Å². The fraction of sp³-hybridized carbons (Fsp3) is 0.222. The van der Waals surface area contributed by atoms with Crippen LogP contribution < -0.4 is 20.2 Å². The Hall–Kier alpha value is -3.16. The van der Waals surface area contributed by atoms with Crippen LogP contribution in [-0.4, -0.2) is 31.9 Å². The monoisotopic (exact) mass is 363 g/mol. The molecule has 2 aromatic rings. The van der Waals surface area contributed by atoms with Crippen molar-refractivity contribution in [1.29, 1.82) is 0 Å². The van der Waals surface area contributed by atoms with Gasteiger partial charge in [-0.3, -0.25) is 4.79 Å². The third-order valence-corrected chi connectivity index (χ3v) is 3.39. The number of alkyl halides is 2. The molecular formula is C18H19F2N3O3. The van der Waals surface area contributed by atoms with Crippen molar-refractivity contribution in [3.05, 3.63) is 54.1 Å². The molecule has 0 saturated heterocycles. The first-order valence-electron chi connectivity index (χ1n) is 7.74. The second kappa shape index (κ2) is 9.36. The molecule has 0 heterocycles. The molecule has 138 valence electrons. The van der Waals surface area contributed by atoms with Crippen LogP contribution in [0.4, 0.5) is 14.5 Å². The number of hydrazone groups is 1. The molecule has 0 aromatic heterocycles. The Balaban J connectivity index is 1.84. The molecule has 1 amide bonds. The van der Waals surface area contributed by atoms with Crippen molar-refractivity contribution >= 4 is 17.3 Å². The number of methoxy groups -OCH3 is 1. The Bertz CT molecular complexity index is 747. The van der Waals surface area contributed by atoms with Gasteiger partial charge in [-0.15, -0.1) is 0 Å². The molecule has 0 unspecified atom stereocenters. The highest BCUT2D eigenvalue weighted by Crippen LogP contribution is 2.16. The Morgan fingerprint density at radius 3 is 2.27 bits per heavy atom. The van der Waals surface area contributed by atoms with Gasteiger partial charge in [0.25, 0.3) is 5.91 Å². The van der Waals surface area contributed by atoms with E-state index in [1.807, 2.05) is 0 Å². The highest BCUT2D eigenvalue weighted by Gasteiger charge is 2.05. The number of rotatable bonds is 8. The number of ether oxygens (including phenoxy) is 2. The summed E-state index contributed by atoms with van der Waals surface area (Å²) in [7, 11) is 1.58. The van der Waals surface area contributed by atoms with Crippen LogP contribution in [0.15, 0.2) is 53.6 Å². The zero-order chi connectivity index (χ0) is 18.9. The number of nitrogens with one attached hydrogen (secondary N) is 2. The summed E-state index contributed by atoms with van der Waals surface area (Å²) in [4.78, 5) is 11.8. The number of anilines is 1. The van der Waals surface area contributed by atoms with Crippen LogP contribution in [0.25, 0.3) is 0 Å². The van der Waals surface area contributed by atoms with Crippen molar-refractivity contribution in [3.8, 4) is 11.5 Å². The van der Waals surface area contributed by atoms with Crippen molar-refractivity contribution in [2.24, 2.45) is 5.10 Å².